The quantitative estimate of drug-likeness (QED) is 0.427. The minimum absolute atomic E-state index is 0.0254. The molecule has 0 unspecified atom stereocenters. The number of carbonyl (C=O) groups is 1. The molecule has 2 fully saturated rings. The van der Waals surface area contributed by atoms with E-state index in [1.807, 2.05) is 12.1 Å². The molecule has 0 atom stereocenters. The minimum Gasteiger partial charge on any atom is -0.347 e. The van der Waals surface area contributed by atoms with Crippen molar-refractivity contribution >= 4 is 5.91 Å². The van der Waals surface area contributed by atoms with Crippen LogP contribution in [0.2, 0.25) is 0 Å². The van der Waals surface area contributed by atoms with E-state index in [0.717, 1.165) is 37.3 Å². The lowest BCUT2D eigenvalue weighted by Crippen LogP contribution is -2.42. The topological polar surface area (TPSA) is 84.2 Å². The number of nitrogens with zero attached hydrogens (tertiary/aromatic N) is 5. The number of hydrogen-bond donors (Lipinski definition) is 2. The number of aromatic nitrogens is 4. The smallest absolute Gasteiger partial charge is 0.254 e. The third-order valence-corrected chi connectivity index (χ3v) is 8.53. The molecule has 8 nitrogen and oxygen atoms in total. The second-order valence-electron chi connectivity index (χ2n) is 10.9. The Labute approximate surface area is 220 Å². The van der Waals surface area contributed by atoms with Crippen molar-refractivity contribution in [3.63, 3.8) is 0 Å². The molecule has 37 heavy (non-hydrogen) atoms. The average molecular weight is 504 g/mol. The third kappa shape index (κ3) is 6.13. The van der Waals surface area contributed by atoms with E-state index in [9.17, 15) is 4.79 Å². The molecule has 1 amide bonds. The number of rotatable bonds is 10. The van der Waals surface area contributed by atoms with Crippen LogP contribution in [-0.2, 0) is 19.6 Å². The van der Waals surface area contributed by atoms with Crippen molar-refractivity contribution in [3.8, 4) is 0 Å². The van der Waals surface area contributed by atoms with Gasteiger partial charge in [0.2, 0.25) is 0 Å². The Hall–Kier alpha value is -2.97. The lowest BCUT2D eigenvalue weighted by atomic mass is 9.77. The van der Waals surface area contributed by atoms with Crippen LogP contribution in [-0.4, -0.2) is 72.8 Å². The summed E-state index contributed by atoms with van der Waals surface area (Å²) in [7, 11) is 0. The number of hydrogen-bond acceptors (Lipinski definition) is 5. The summed E-state index contributed by atoms with van der Waals surface area (Å²) < 4.78 is 0. The van der Waals surface area contributed by atoms with E-state index in [-0.39, 0.29) is 5.91 Å². The van der Waals surface area contributed by atoms with Crippen molar-refractivity contribution in [2.75, 3.05) is 26.2 Å². The molecule has 2 aromatic heterocycles. The Morgan fingerprint density at radius 3 is 2.08 bits per heavy atom. The van der Waals surface area contributed by atoms with Gasteiger partial charge in [-0.1, -0.05) is 26.0 Å². The zero-order chi connectivity index (χ0) is 25.7. The number of amides is 1. The summed E-state index contributed by atoms with van der Waals surface area (Å²) in [6.45, 7) is 11.3. The normalized spacial score (nSPS) is 18.1. The molecule has 198 valence electrons. The van der Waals surface area contributed by atoms with Gasteiger partial charge in [-0.25, -0.2) is 9.97 Å². The first-order valence-corrected chi connectivity index (χ1v) is 13.9. The fourth-order valence-electron chi connectivity index (χ4n) is 6.20. The van der Waals surface area contributed by atoms with Gasteiger partial charge in [0, 0.05) is 49.5 Å². The van der Waals surface area contributed by atoms with Crippen molar-refractivity contribution in [3.05, 3.63) is 71.8 Å². The molecule has 2 aliphatic rings. The van der Waals surface area contributed by atoms with Crippen LogP contribution in [0.5, 0.6) is 0 Å². The van der Waals surface area contributed by atoms with Crippen LogP contribution in [0.3, 0.4) is 0 Å². The molecule has 5 rings (SSSR count). The number of imidazole rings is 2. The highest BCUT2D eigenvalue weighted by molar-refractivity contribution is 5.94. The van der Waals surface area contributed by atoms with Gasteiger partial charge in [0.25, 0.3) is 5.91 Å². The number of benzene rings is 1. The van der Waals surface area contributed by atoms with E-state index < -0.39 is 0 Å². The third-order valence-electron chi connectivity index (χ3n) is 8.53. The maximum atomic E-state index is 13.4. The molecule has 3 aromatic rings. The van der Waals surface area contributed by atoms with Gasteiger partial charge in [-0.3, -0.25) is 14.6 Å². The van der Waals surface area contributed by atoms with Crippen LogP contribution < -0.4 is 0 Å². The highest BCUT2D eigenvalue weighted by atomic mass is 16.2. The number of piperidine rings is 1. The summed E-state index contributed by atoms with van der Waals surface area (Å²) in [5.41, 5.74) is 2.48. The number of carbonyl (C=O) groups excluding carboxylic acids is 1. The molecule has 0 aliphatic carbocycles. The highest BCUT2D eigenvalue weighted by Gasteiger charge is 2.41. The van der Waals surface area contributed by atoms with Gasteiger partial charge in [-0.2, -0.15) is 0 Å². The molecule has 2 saturated heterocycles. The van der Waals surface area contributed by atoms with E-state index >= 15 is 0 Å². The van der Waals surface area contributed by atoms with Gasteiger partial charge in [-0.05, 0) is 74.8 Å². The van der Waals surface area contributed by atoms with Crippen LogP contribution in [0.4, 0.5) is 0 Å². The van der Waals surface area contributed by atoms with E-state index in [1.54, 1.807) is 29.7 Å². The number of aromatic amines is 2. The largest absolute Gasteiger partial charge is 0.347 e. The molecule has 4 heterocycles. The van der Waals surface area contributed by atoms with Gasteiger partial charge in [0.15, 0.2) is 0 Å². The Morgan fingerprint density at radius 1 is 0.946 bits per heavy atom. The van der Waals surface area contributed by atoms with Crippen LogP contribution in [0.15, 0.2) is 49.1 Å². The number of nitrogens with one attached hydrogen (secondary N) is 2. The average Bonchev–Trinajstić information content (AvgIpc) is 3.70. The SMILES string of the molecule is CCC(CC)N1CCC2(CCN(Cc3ccc(C(=O)N(Cc4ncc[nH]4)Cc4ncc[nH]4)cc3)CC2)C1. The van der Waals surface area contributed by atoms with E-state index in [0.29, 0.717) is 24.1 Å². The fourth-order valence-corrected chi connectivity index (χ4v) is 6.20. The first-order valence-electron chi connectivity index (χ1n) is 13.9. The molecular formula is C29H41N7O. The summed E-state index contributed by atoms with van der Waals surface area (Å²) >= 11 is 0. The van der Waals surface area contributed by atoms with E-state index in [2.05, 4.69) is 55.7 Å². The van der Waals surface area contributed by atoms with Gasteiger partial charge >= 0.3 is 0 Å². The van der Waals surface area contributed by atoms with Crippen molar-refractivity contribution in [2.24, 2.45) is 5.41 Å². The number of H-pyrrole nitrogens is 2. The first-order chi connectivity index (χ1) is 18.1. The minimum atomic E-state index is -0.0254. The molecule has 2 N–H and O–H groups in total. The zero-order valence-electron chi connectivity index (χ0n) is 22.3. The predicted molar refractivity (Wildman–Crippen MR) is 145 cm³/mol. The zero-order valence-corrected chi connectivity index (χ0v) is 22.3. The van der Waals surface area contributed by atoms with E-state index in [1.165, 1.54) is 50.8 Å². The fraction of sp³-hybridized carbons (Fsp3) is 0.552. The van der Waals surface area contributed by atoms with Gasteiger partial charge < -0.3 is 14.9 Å². The lowest BCUT2D eigenvalue weighted by molar-refractivity contribution is 0.0721. The monoisotopic (exact) mass is 503 g/mol. The summed E-state index contributed by atoms with van der Waals surface area (Å²) in [5, 5.41) is 0. The molecular weight excluding hydrogens is 462 g/mol. The Morgan fingerprint density at radius 2 is 1.54 bits per heavy atom. The van der Waals surface area contributed by atoms with Crippen LogP contribution in [0, 0.1) is 5.41 Å². The summed E-state index contributed by atoms with van der Waals surface area (Å²) in [4.78, 5) is 35.3. The Balaban J connectivity index is 1.16. The molecule has 0 saturated carbocycles. The molecule has 1 spiro atoms. The van der Waals surface area contributed by atoms with Gasteiger partial charge in [-0.15, -0.1) is 0 Å². The first kappa shape index (κ1) is 25.7. The molecule has 2 aliphatic heterocycles. The van der Waals surface area contributed by atoms with Crippen molar-refractivity contribution < 1.29 is 4.79 Å². The van der Waals surface area contributed by atoms with Crippen LogP contribution in [0.25, 0.3) is 0 Å². The lowest BCUT2D eigenvalue weighted by Gasteiger charge is -2.40. The standard InChI is InChI=1S/C29H41N7O/c1-3-25(4-2)35-18-11-29(22-35)9-16-34(17-10-29)19-23-5-7-24(8-6-23)28(37)36(20-26-30-12-13-31-26)21-27-32-14-15-33-27/h5-8,12-15,25H,3-4,9-11,16-22H2,1-2H3,(H,30,31)(H,32,33). The van der Waals surface area contributed by atoms with E-state index in [4.69, 9.17) is 0 Å². The van der Waals surface area contributed by atoms with Gasteiger partial charge in [0.1, 0.15) is 11.6 Å². The molecule has 0 bridgehead atoms. The summed E-state index contributed by atoms with van der Waals surface area (Å²) in [6.07, 6.45) is 13.5. The molecule has 0 radical (unpaired) electrons. The maximum Gasteiger partial charge on any atom is 0.254 e. The Kier molecular flexibility index (Phi) is 8.05. The summed E-state index contributed by atoms with van der Waals surface area (Å²) in [6, 6.07) is 8.91. The number of likely N-dealkylation sites (tertiary alicyclic amines) is 2. The Bertz CT molecular complexity index is 1060. The maximum absolute atomic E-state index is 13.4. The second-order valence-corrected chi connectivity index (χ2v) is 10.9. The molecule has 8 heteroatoms. The highest BCUT2D eigenvalue weighted by Crippen LogP contribution is 2.41. The van der Waals surface area contributed by atoms with Crippen molar-refractivity contribution in [1.29, 1.82) is 0 Å². The predicted octanol–water partition coefficient (Wildman–Crippen LogP) is 4.45. The van der Waals surface area contributed by atoms with Crippen LogP contribution >= 0.6 is 0 Å². The van der Waals surface area contributed by atoms with Gasteiger partial charge in [0.05, 0.1) is 13.1 Å². The van der Waals surface area contributed by atoms with Crippen molar-refractivity contribution in [2.45, 2.75) is 71.6 Å². The van der Waals surface area contributed by atoms with Crippen molar-refractivity contribution in [1.82, 2.24) is 34.6 Å². The van der Waals surface area contributed by atoms with Crippen LogP contribution in [0.1, 0.15) is 73.5 Å². The summed E-state index contributed by atoms with van der Waals surface area (Å²) in [5.74, 6) is 1.48. The molecule has 1 aromatic carbocycles. The second kappa shape index (κ2) is 11.6.